The second-order valence-electron chi connectivity index (χ2n) is 6.82. The fraction of sp³-hybridized carbons (Fsp3) is 0.500. The van der Waals surface area contributed by atoms with Crippen molar-refractivity contribution in [3.8, 4) is 0 Å². The summed E-state index contributed by atoms with van der Waals surface area (Å²) in [5, 5.41) is 9.07. The molecule has 0 spiro atoms. The fourth-order valence-electron chi connectivity index (χ4n) is 3.47. The van der Waals surface area contributed by atoms with E-state index < -0.39 is 35.5 Å². The lowest BCUT2D eigenvalue weighted by molar-refractivity contribution is -0.157. The number of carboxylic acid groups (broad SMARTS) is 1. The lowest BCUT2D eigenvalue weighted by Gasteiger charge is -2.40. The van der Waals surface area contributed by atoms with Gasteiger partial charge < -0.3 is 14.9 Å². The first-order chi connectivity index (χ1) is 12.7. The number of piperazine rings is 1. The summed E-state index contributed by atoms with van der Waals surface area (Å²) in [5.41, 5.74) is -0.929. The molecule has 9 heteroatoms. The van der Waals surface area contributed by atoms with Crippen molar-refractivity contribution < 1.29 is 32.7 Å². The number of alkyl halides is 3. The largest absolute Gasteiger partial charge is 0.481 e. The molecule has 1 saturated heterocycles. The number of hydrogen-bond donors (Lipinski definition) is 1. The minimum atomic E-state index is -4.52. The molecule has 1 aromatic rings. The molecule has 1 heterocycles. The van der Waals surface area contributed by atoms with Crippen LogP contribution >= 0.6 is 0 Å². The van der Waals surface area contributed by atoms with E-state index in [1.54, 1.807) is 0 Å². The van der Waals surface area contributed by atoms with Gasteiger partial charge in [0.05, 0.1) is 17.4 Å². The lowest BCUT2D eigenvalue weighted by atomic mass is 9.73. The van der Waals surface area contributed by atoms with Crippen LogP contribution in [0.4, 0.5) is 13.2 Å². The third-order valence-corrected chi connectivity index (χ3v) is 5.22. The SMILES string of the molecule is O=C(O)C1CCC1C(=O)N1CCN(C(=O)c2cccc(C(F)(F)F)c2)CC1. The van der Waals surface area contributed by atoms with E-state index >= 15 is 0 Å². The number of carbonyl (C=O) groups excluding carboxylic acids is 2. The molecule has 6 nitrogen and oxygen atoms in total. The molecule has 1 saturated carbocycles. The number of benzene rings is 1. The number of amides is 2. The highest BCUT2D eigenvalue weighted by Gasteiger charge is 2.43. The molecule has 2 unspecified atom stereocenters. The van der Waals surface area contributed by atoms with Crippen LogP contribution in [-0.4, -0.2) is 58.9 Å². The van der Waals surface area contributed by atoms with Crippen molar-refractivity contribution in [1.29, 1.82) is 0 Å². The monoisotopic (exact) mass is 384 g/mol. The Morgan fingerprint density at radius 2 is 1.56 bits per heavy atom. The van der Waals surface area contributed by atoms with Gasteiger partial charge in [0, 0.05) is 31.7 Å². The van der Waals surface area contributed by atoms with Crippen LogP contribution in [0.3, 0.4) is 0 Å². The van der Waals surface area contributed by atoms with E-state index in [9.17, 15) is 27.6 Å². The number of carboxylic acids is 1. The number of carbonyl (C=O) groups is 3. The van der Waals surface area contributed by atoms with Crippen molar-refractivity contribution in [2.24, 2.45) is 11.8 Å². The van der Waals surface area contributed by atoms with Crippen LogP contribution in [0.2, 0.25) is 0 Å². The summed E-state index contributed by atoms with van der Waals surface area (Å²) in [5.74, 6) is -2.88. The molecule has 1 aromatic carbocycles. The van der Waals surface area contributed by atoms with Crippen molar-refractivity contribution in [2.75, 3.05) is 26.2 Å². The lowest BCUT2D eigenvalue weighted by Crippen LogP contribution is -2.54. The maximum Gasteiger partial charge on any atom is 0.416 e. The Morgan fingerprint density at radius 1 is 0.963 bits per heavy atom. The number of nitrogens with zero attached hydrogens (tertiary/aromatic N) is 2. The molecule has 2 fully saturated rings. The summed E-state index contributed by atoms with van der Waals surface area (Å²) in [4.78, 5) is 38.9. The summed E-state index contributed by atoms with van der Waals surface area (Å²) in [6, 6.07) is 4.26. The zero-order valence-corrected chi connectivity index (χ0v) is 14.4. The standard InChI is InChI=1S/C18H19F3N2O4/c19-18(20,21)12-3-1-2-11(10-12)15(24)22-6-8-23(9-7-22)16(25)13-4-5-14(13)17(26)27/h1-3,10,13-14H,4-9H2,(H,26,27). The van der Waals surface area contributed by atoms with Gasteiger partial charge in [0.2, 0.25) is 5.91 Å². The molecule has 1 aliphatic carbocycles. The van der Waals surface area contributed by atoms with Gasteiger partial charge in [0.15, 0.2) is 0 Å². The Hall–Kier alpha value is -2.58. The van der Waals surface area contributed by atoms with Crippen LogP contribution in [0, 0.1) is 11.8 Å². The molecule has 1 N–H and O–H groups in total. The van der Waals surface area contributed by atoms with E-state index in [0.717, 1.165) is 12.1 Å². The van der Waals surface area contributed by atoms with Crippen LogP contribution in [0.5, 0.6) is 0 Å². The Balaban J connectivity index is 1.60. The van der Waals surface area contributed by atoms with Gasteiger partial charge in [-0.05, 0) is 31.0 Å². The Kier molecular flexibility index (Phi) is 5.12. The van der Waals surface area contributed by atoms with Crippen LogP contribution in [-0.2, 0) is 15.8 Å². The highest BCUT2D eigenvalue weighted by molar-refractivity contribution is 5.94. The summed E-state index contributed by atoms with van der Waals surface area (Å²) in [6.45, 7) is 0.884. The molecule has 0 bridgehead atoms. The van der Waals surface area contributed by atoms with Gasteiger partial charge in [0.25, 0.3) is 5.91 Å². The Morgan fingerprint density at radius 3 is 2.07 bits per heavy atom. The number of aliphatic carboxylic acids is 1. The zero-order valence-electron chi connectivity index (χ0n) is 14.4. The maximum atomic E-state index is 12.8. The predicted molar refractivity (Wildman–Crippen MR) is 87.8 cm³/mol. The molecule has 0 radical (unpaired) electrons. The Labute approximate surface area is 153 Å². The minimum absolute atomic E-state index is 0.0467. The van der Waals surface area contributed by atoms with Crippen molar-refractivity contribution in [2.45, 2.75) is 19.0 Å². The summed E-state index contributed by atoms with van der Waals surface area (Å²) in [7, 11) is 0. The predicted octanol–water partition coefficient (Wildman–Crippen LogP) is 2.10. The van der Waals surface area contributed by atoms with E-state index in [1.165, 1.54) is 21.9 Å². The van der Waals surface area contributed by atoms with Gasteiger partial charge >= 0.3 is 12.1 Å². The van der Waals surface area contributed by atoms with Crippen LogP contribution in [0.25, 0.3) is 0 Å². The minimum Gasteiger partial charge on any atom is -0.481 e. The third-order valence-electron chi connectivity index (χ3n) is 5.22. The molecule has 27 heavy (non-hydrogen) atoms. The first-order valence-corrected chi connectivity index (χ1v) is 8.66. The second kappa shape index (κ2) is 7.21. The van der Waals surface area contributed by atoms with Gasteiger partial charge in [-0.3, -0.25) is 14.4 Å². The van der Waals surface area contributed by atoms with Crippen LogP contribution in [0.15, 0.2) is 24.3 Å². The average molecular weight is 384 g/mol. The summed E-state index contributed by atoms with van der Waals surface area (Å²) in [6.07, 6.45) is -3.50. The van der Waals surface area contributed by atoms with Crippen molar-refractivity contribution in [1.82, 2.24) is 9.80 Å². The van der Waals surface area contributed by atoms with Crippen molar-refractivity contribution >= 4 is 17.8 Å². The molecule has 146 valence electrons. The van der Waals surface area contributed by atoms with E-state index in [1.807, 2.05) is 0 Å². The van der Waals surface area contributed by atoms with Gasteiger partial charge in [-0.25, -0.2) is 0 Å². The molecular weight excluding hydrogens is 365 g/mol. The average Bonchev–Trinajstić information content (AvgIpc) is 2.59. The van der Waals surface area contributed by atoms with Crippen molar-refractivity contribution in [3.05, 3.63) is 35.4 Å². The van der Waals surface area contributed by atoms with Crippen LogP contribution < -0.4 is 0 Å². The topological polar surface area (TPSA) is 77.9 Å². The van der Waals surface area contributed by atoms with E-state index in [-0.39, 0.29) is 37.6 Å². The smallest absolute Gasteiger partial charge is 0.416 e. The molecule has 0 aromatic heterocycles. The molecule has 3 rings (SSSR count). The van der Waals surface area contributed by atoms with Gasteiger partial charge in [-0.2, -0.15) is 13.2 Å². The summed E-state index contributed by atoms with van der Waals surface area (Å²) >= 11 is 0. The third kappa shape index (κ3) is 3.91. The van der Waals surface area contributed by atoms with E-state index in [0.29, 0.717) is 12.8 Å². The van der Waals surface area contributed by atoms with E-state index in [2.05, 4.69) is 0 Å². The van der Waals surface area contributed by atoms with Gasteiger partial charge in [-0.1, -0.05) is 6.07 Å². The highest BCUT2D eigenvalue weighted by Crippen LogP contribution is 2.36. The van der Waals surface area contributed by atoms with Gasteiger partial charge in [0.1, 0.15) is 0 Å². The quantitative estimate of drug-likeness (QED) is 0.866. The maximum absolute atomic E-state index is 12.8. The molecular formula is C18H19F3N2O4. The Bertz CT molecular complexity index is 757. The fourth-order valence-corrected chi connectivity index (χ4v) is 3.47. The number of rotatable bonds is 3. The van der Waals surface area contributed by atoms with Crippen molar-refractivity contribution in [3.63, 3.8) is 0 Å². The first-order valence-electron chi connectivity index (χ1n) is 8.66. The molecule has 2 atom stereocenters. The van der Waals surface area contributed by atoms with Crippen LogP contribution in [0.1, 0.15) is 28.8 Å². The summed E-state index contributed by atoms with van der Waals surface area (Å²) < 4.78 is 38.4. The van der Waals surface area contributed by atoms with Gasteiger partial charge in [-0.15, -0.1) is 0 Å². The molecule has 2 amide bonds. The molecule has 1 aliphatic heterocycles. The molecule has 2 aliphatic rings. The highest BCUT2D eigenvalue weighted by atomic mass is 19.4. The van der Waals surface area contributed by atoms with E-state index in [4.69, 9.17) is 5.11 Å². The number of hydrogen-bond acceptors (Lipinski definition) is 3. The normalized spacial score (nSPS) is 22.9. The second-order valence-corrected chi connectivity index (χ2v) is 6.82. The number of halogens is 3. The zero-order chi connectivity index (χ0) is 19.8. The first kappa shape index (κ1) is 19.2.